The van der Waals surface area contributed by atoms with Crippen molar-refractivity contribution in [2.75, 3.05) is 5.32 Å². The summed E-state index contributed by atoms with van der Waals surface area (Å²) >= 11 is 0. The van der Waals surface area contributed by atoms with Gasteiger partial charge in [0, 0.05) is 11.9 Å². The van der Waals surface area contributed by atoms with Gasteiger partial charge in [-0.05, 0) is 36.4 Å². The zero-order valence-corrected chi connectivity index (χ0v) is 15.2. The van der Waals surface area contributed by atoms with E-state index in [2.05, 4.69) is 25.0 Å². The average Bonchev–Trinajstić information content (AvgIpc) is 3.09. The Balaban J connectivity index is 1.67. The minimum absolute atomic E-state index is 0.0843. The number of nitrogens with zero attached hydrogens (tertiary/aromatic N) is 4. The lowest BCUT2D eigenvalue weighted by Gasteiger charge is -2.11. The van der Waals surface area contributed by atoms with Gasteiger partial charge >= 0.3 is 12.5 Å². The molecule has 0 fully saturated rings. The van der Waals surface area contributed by atoms with E-state index in [-0.39, 0.29) is 22.9 Å². The summed E-state index contributed by atoms with van der Waals surface area (Å²) in [7, 11) is 0. The molecule has 0 aliphatic rings. The lowest BCUT2D eigenvalue weighted by Crippen LogP contribution is -2.16. The van der Waals surface area contributed by atoms with Gasteiger partial charge in [0.25, 0.3) is 0 Å². The molecule has 0 unspecified atom stereocenters. The monoisotopic (exact) mass is 439 g/mol. The van der Waals surface area contributed by atoms with E-state index >= 15 is 0 Å². The quantitative estimate of drug-likeness (QED) is 0.429. The lowest BCUT2D eigenvalue weighted by molar-refractivity contribution is -0.274. The maximum absolute atomic E-state index is 13.5. The first-order valence-corrected chi connectivity index (χ1v) is 8.60. The third kappa shape index (κ3) is 4.52. The predicted octanol–water partition coefficient (Wildman–Crippen LogP) is 5.45. The minimum atomic E-state index is -4.82. The Labute approximate surface area is 170 Å². The number of benzene rings is 1. The minimum Gasteiger partial charge on any atom is -0.406 e. The molecule has 0 aliphatic heterocycles. The fraction of sp³-hybridized carbons (Fsp3) is 0.105. The summed E-state index contributed by atoms with van der Waals surface area (Å²) in [6.07, 6.45) is -5.69. The molecule has 0 radical (unpaired) electrons. The van der Waals surface area contributed by atoms with Crippen molar-refractivity contribution in [3.8, 4) is 17.1 Å². The van der Waals surface area contributed by atoms with Crippen LogP contribution in [0, 0.1) is 0 Å². The van der Waals surface area contributed by atoms with E-state index in [0.717, 1.165) is 18.3 Å². The Morgan fingerprint density at radius 2 is 1.61 bits per heavy atom. The van der Waals surface area contributed by atoms with Gasteiger partial charge in [-0.3, -0.25) is 9.38 Å². The van der Waals surface area contributed by atoms with E-state index in [1.165, 1.54) is 35.0 Å². The van der Waals surface area contributed by atoms with Gasteiger partial charge in [0.2, 0.25) is 0 Å². The first-order valence-electron chi connectivity index (χ1n) is 8.60. The van der Waals surface area contributed by atoms with Crippen LogP contribution in [0.1, 0.15) is 5.69 Å². The Morgan fingerprint density at radius 1 is 0.871 bits per heavy atom. The lowest BCUT2D eigenvalue weighted by atomic mass is 10.2. The van der Waals surface area contributed by atoms with Gasteiger partial charge in [0.15, 0.2) is 5.69 Å². The molecule has 160 valence electrons. The van der Waals surface area contributed by atoms with Crippen LogP contribution in [-0.2, 0) is 6.18 Å². The zero-order valence-electron chi connectivity index (χ0n) is 15.2. The highest BCUT2D eigenvalue weighted by Crippen LogP contribution is 2.36. The number of aromatic nitrogens is 4. The van der Waals surface area contributed by atoms with Crippen LogP contribution in [0.25, 0.3) is 17.0 Å². The van der Waals surface area contributed by atoms with Crippen LogP contribution in [0.5, 0.6) is 5.75 Å². The van der Waals surface area contributed by atoms with Gasteiger partial charge in [0.1, 0.15) is 28.6 Å². The highest BCUT2D eigenvalue weighted by atomic mass is 19.4. The number of ether oxygens (including phenoxy) is 1. The largest absolute Gasteiger partial charge is 0.573 e. The van der Waals surface area contributed by atoms with Crippen LogP contribution in [-0.4, -0.2) is 25.7 Å². The van der Waals surface area contributed by atoms with Gasteiger partial charge in [-0.2, -0.15) is 13.2 Å². The Hall–Kier alpha value is -3.83. The van der Waals surface area contributed by atoms with E-state index in [1.54, 1.807) is 12.1 Å². The van der Waals surface area contributed by atoms with Gasteiger partial charge in [-0.1, -0.05) is 6.07 Å². The van der Waals surface area contributed by atoms with Crippen molar-refractivity contribution in [3.05, 3.63) is 66.7 Å². The number of pyridine rings is 1. The van der Waals surface area contributed by atoms with Crippen molar-refractivity contribution in [1.29, 1.82) is 0 Å². The maximum atomic E-state index is 13.5. The highest BCUT2D eigenvalue weighted by Gasteiger charge is 2.38. The normalized spacial score (nSPS) is 12.2. The van der Waals surface area contributed by atoms with Crippen molar-refractivity contribution in [2.24, 2.45) is 0 Å². The molecular formula is C19H11F6N5O. The Bertz CT molecular complexity index is 1220. The van der Waals surface area contributed by atoms with E-state index in [9.17, 15) is 26.3 Å². The van der Waals surface area contributed by atoms with Crippen molar-refractivity contribution < 1.29 is 31.1 Å². The van der Waals surface area contributed by atoms with Crippen LogP contribution in [0.3, 0.4) is 0 Å². The van der Waals surface area contributed by atoms with Crippen LogP contribution in [0.2, 0.25) is 0 Å². The number of halogens is 6. The molecule has 0 aliphatic carbocycles. The fourth-order valence-corrected chi connectivity index (χ4v) is 2.87. The van der Waals surface area contributed by atoms with Crippen molar-refractivity contribution in [3.63, 3.8) is 0 Å². The van der Waals surface area contributed by atoms with Gasteiger partial charge in [-0.25, -0.2) is 9.97 Å². The molecule has 0 spiro atoms. The van der Waals surface area contributed by atoms with E-state index in [0.29, 0.717) is 5.69 Å². The summed E-state index contributed by atoms with van der Waals surface area (Å²) < 4.78 is 82.4. The SMILES string of the molecule is FC(F)(F)Oc1ccc(Nc2cncc(-c3c(C(F)(F)F)nc4ccccn34)n2)cc1. The molecule has 0 saturated carbocycles. The Morgan fingerprint density at radius 3 is 2.29 bits per heavy atom. The molecule has 31 heavy (non-hydrogen) atoms. The van der Waals surface area contributed by atoms with Crippen LogP contribution in [0.4, 0.5) is 37.8 Å². The standard InChI is InChI=1S/C19H11F6N5O/c20-18(21,22)17-16(30-8-2-1-3-15(30)29-17)13-9-26-10-14(28-13)27-11-4-6-12(7-5-11)31-19(23,24)25/h1-10H,(H,27,28). The number of nitrogens with one attached hydrogen (secondary N) is 1. The number of anilines is 2. The van der Waals surface area contributed by atoms with Crippen LogP contribution in [0.15, 0.2) is 61.1 Å². The molecular weight excluding hydrogens is 428 g/mol. The second-order valence-corrected chi connectivity index (χ2v) is 6.22. The number of imidazole rings is 1. The second-order valence-electron chi connectivity index (χ2n) is 6.22. The summed E-state index contributed by atoms with van der Waals surface area (Å²) in [5.41, 5.74) is -1.07. The smallest absolute Gasteiger partial charge is 0.406 e. The molecule has 1 N–H and O–H groups in total. The molecule has 4 rings (SSSR count). The number of alkyl halides is 6. The molecule has 3 aromatic heterocycles. The zero-order chi connectivity index (χ0) is 22.2. The first-order chi connectivity index (χ1) is 14.6. The predicted molar refractivity (Wildman–Crippen MR) is 97.6 cm³/mol. The van der Waals surface area contributed by atoms with Crippen LogP contribution >= 0.6 is 0 Å². The van der Waals surface area contributed by atoms with Crippen molar-refractivity contribution in [1.82, 2.24) is 19.4 Å². The van der Waals surface area contributed by atoms with E-state index < -0.39 is 24.0 Å². The maximum Gasteiger partial charge on any atom is 0.573 e. The Kier molecular flexibility index (Phi) is 4.91. The number of hydrogen-bond donors (Lipinski definition) is 1. The first kappa shape index (κ1) is 20.4. The summed E-state index contributed by atoms with van der Waals surface area (Å²) in [6.45, 7) is 0. The average molecular weight is 439 g/mol. The highest BCUT2D eigenvalue weighted by molar-refractivity contribution is 5.66. The molecule has 0 amide bonds. The van der Waals surface area contributed by atoms with E-state index in [4.69, 9.17) is 0 Å². The summed E-state index contributed by atoms with van der Waals surface area (Å²) in [5.74, 6) is -0.334. The number of fused-ring (bicyclic) bond motifs is 1. The third-order valence-electron chi connectivity index (χ3n) is 4.04. The molecule has 6 nitrogen and oxygen atoms in total. The van der Waals surface area contributed by atoms with Gasteiger partial charge in [0.05, 0.1) is 12.4 Å². The van der Waals surface area contributed by atoms with Crippen molar-refractivity contribution in [2.45, 2.75) is 12.5 Å². The molecule has 4 aromatic rings. The van der Waals surface area contributed by atoms with Crippen LogP contribution < -0.4 is 10.1 Å². The topological polar surface area (TPSA) is 64.3 Å². The molecule has 0 saturated heterocycles. The summed E-state index contributed by atoms with van der Waals surface area (Å²) in [5, 5.41) is 2.78. The number of hydrogen-bond acceptors (Lipinski definition) is 5. The van der Waals surface area contributed by atoms with E-state index in [1.807, 2.05) is 0 Å². The fourth-order valence-electron chi connectivity index (χ4n) is 2.87. The van der Waals surface area contributed by atoms with Gasteiger partial charge in [-0.15, -0.1) is 13.2 Å². The molecule has 1 aromatic carbocycles. The molecule has 0 bridgehead atoms. The van der Waals surface area contributed by atoms with Crippen molar-refractivity contribution >= 4 is 17.2 Å². The third-order valence-corrected chi connectivity index (χ3v) is 4.04. The summed E-state index contributed by atoms with van der Waals surface area (Å²) in [6, 6.07) is 9.30. The molecule has 12 heteroatoms. The molecule has 3 heterocycles. The second kappa shape index (κ2) is 7.45. The number of rotatable bonds is 4. The molecule has 0 atom stereocenters. The van der Waals surface area contributed by atoms with Gasteiger partial charge < -0.3 is 10.1 Å². The summed E-state index contributed by atoms with van der Waals surface area (Å²) in [4.78, 5) is 11.8.